The van der Waals surface area contributed by atoms with Gasteiger partial charge in [0.2, 0.25) is 0 Å². The zero-order chi connectivity index (χ0) is 11.6. The van der Waals surface area contributed by atoms with Gasteiger partial charge in [-0.15, -0.1) is 11.3 Å². The summed E-state index contributed by atoms with van der Waals surface area (Å²) in [6, 6.07) is 1.88. The SMILES string of the molecule is CCN(C)c1cc(N)c(C(=O)C(C)C)s1. The van der Waals surface area contributed by atoms with Gasteiger partial charge in [-0.25, -0.2) is 0 Å². The highest BCUT2D eigenvalue weighted by atomic mass is 32.1. The molecule has 1 aromatic heterocycles. The lowest BCUT2D eigenvalue weighted by Gasteiger charge is -2.12. The molecule has 1 rings (SSSR count). The molecule has 3 nitrogen and oxygen atoms in total. The molecule has 0 aromatic carbocycles. The van der Waals surface area contributed by atoms with Crippen LogP contribution in [0.4, 0.5) is 10.7 Å². The third-order valence-corrected chi connectivity index (χ3v) is 3.63. The molecule has 0 atom stereocenters. The fourth-order valence-corrected chi connectivity index (χ4v) is 2.38. The minimum atomic E-state index is 0.00531. The first-order chi connectivity index (χ1) is 6.97. The molecule has 0 unspecified atom stereocenters. The van der Waals surface area contributed by atoms with Gasteiger partial charge in [0.05, 0.1) is 15.6 Å². The molecule has 0 aliphatic heterocycles. The summed E-state index contributed by atoms with van der Waals surface area (Å²) in [6.07, 6.45) is 0. The maximum Gasteiger partial charge on any atom is 0.177 e. The summed E-state index contributed by atoms with van der Waals surface area (Å²) in [4.78, 5) is 14.6. The van der Waals surface area contributed by atoms with Gasteiger partial charge in [0.15, 0.2) is 5.78 Å². The van der Waals surface area contributed by atoms with Crippen molar-refractivity contribution < 1.29 is 4.79 Å². The Morgan fingerprint density at radius 1 is 1.60 bits per heavy atom. The van der Waals surface area contributed by atoms with Gasteiger partial charge >= 0.3 is 0 Å². The fourth-order valence-electron chi connectivity index (χ4n) is 1.19. The molecule has 15 heavy (non-hydrogen) atoms. The van der Waals surface area contributed by atoms with Crippen LogP contribution in [0.5, 0.6) is 0 Å². The number of Topliss-reactive ketones (excluding diaryl/α,β-unsaturated/α-hetero) is 1. The van der Waals surface area contributed by atoms with Gasteiger partial charge in [-0.1, -0.05) is 13.8 Å². The molecular formula is C11H18N2OS. The lowest BCUT2D eigenvalue weighted by molar-refractivity contribution is 0.0944. The van der Waals surface area contributed by atoms with E-state index in [2.05, 4.69) is 11.8 Å². The molecular weight excluding hydrogens is 208 g/mol. The number of rotatable bonds is 4. The summed E-state index contributed by atoms with van der Waals surface area (Å²) in [7, 11) is 1.99. The van der Waals surface area contributed by atoms with Crippen LogP contribution in [0.3, 0.4) is 0 Å². The van der Waals surface area contributed by atoms with Crippen LogP contribution in [-0.2, 0) is 0 Å². The Bertz CT molecular complexity index is 357. The standard InChI is InChI=1S/C11H18N2OS/c1-5-13(4)9-6-8(12)11(15-9)10(14)7(2)3/h6-7H,5,12H2,1-4H3. The van der Waals surface area contributed by atoms with Crippen LogP contribution >= 0.6 is 11.3 Å². The van der Waals surface area contributed by atoms with Crippen molar-refractivity contribution >= 4 is 27.8 Å². The summed E-state index contributed by atoms with van der Waals surface area (Å²) in [5.74, 6) is 0.138. The molecule has 4 heteroatoms. The second-order valence-corrected chi connectivity index (χ2v) is 4.93. The maximum atomic E-state index is 11.8. The monoisotopic (exact) mass is 226 g/mol. The zero-order valence-electron chi connectivity index (χ0n) is 9.70. The van der Waals surface area contributed by atoms with Gasteiger partial charge in [-0.05, 0) is 13.0 Å². The Kier molecular flexibility index (Phi) is 3.74. The van der Waals surface area contributed by atoms with Gasteiger partial charge in [-0.2, -0.15) is 0 Å². The number of hydrogen-bond donors (Lipinski definition) is 1. The van der Waals surface area contributed by atoms with Crippen molar-refractivity contribution in [2.24, 2.45) is 5.92 Å². The van der Waals surface area contributed by atoms with Crippen LogP contribution in [0, 0.1) is 5.92 Å². The molecule has 84 valence electrons. The number of hydrogen-bond acceptors (Lipinski definition) is 4. The second-order valence-electron chi connectivity index (χ2n) is 3.90. The van der Waals surface area contributed by atoms with E-state index < -0.39 is 0 Å². The van der Waals surface area contributed by atoms with E-state index in [1.807, 2.05) is 27.0 Å². The van der Waals surface area contributed by atoms with Crippen LogP contribution in [0.1, 0.15) is 30.4 Å². The summed E-state index contributed by atoms with van der Waals surface area (Å²) in [5, 5.41) is 1.05. The number of thiophene rings is 1. The van der Waals surface area contributed by atoms with Crippen molar-refractivity contribution in [3.63, 3.8) is 0 Å². The summed E-state index contributed by atoms with van der Waals surface area (Å²) < 4.78 is 0. The highest BCUT2D eigenvalue weighted by Crippen LogP contribution is 2.33. The molecule has 0 bridgehead atoms. The fraction of sp³-hybridized carbons (Fsp3) is 0.545. The number of nitrogens with two attached hydrogens (primary N) is 1. The molecule has 0 radical (unpaired) electrons. The minimum absolute atomic E-state index is 0.00531. The number of ketones is 1. The zero-order valence-corrected chi connectivity index (χ0v) is 10.5. The van der Waals surface area contributed by atoms with Crippen LogP contribution in [-0.4, -0.2) is 19.4 Å². The first-order valence-electron chi connectivity index (χ1n) is 5.12. The first kappa shape index (κ1) is 12.0. The van der Waals surface area contributed by atoms with Crippen LogP contribution < -0.4 is 10.6 Å². The largest absolute Gasteiger partial charge is 0.397 e. The number of carbonyl (C=O) groups is 1. The predicted molar refractivity (Wildman–Crippen MR) is 66.8 cm³/mol. The molecule has 0 aliphatic rings. The average Bonchev–Trinajstić information content (AvgIpc) is 2.57. The number of carbonyl (C=O) groups excluding carboxylic acids is 1. The van der Waals surface area contributed by atoms with Gasteiger partial charge in [0, 0.05) is 19.5 Å². The van der Waals surface area contributed by atoms with Crippen molar-refractivity contribution in [1.82, 2.24) is 0 Å². The Balaban J connectivity index is 3.01. The van der Waals surface area contributed by atoms with E-state index in [4.69, 9.17) is 5.73 Å². The molecule has 0 saturated heterocycles. The van der Waals surface area contributed by atoms with E-state index in [0.717, 1.165) is 11.5 Å². The van der Waals surface area contributed by atoms with Crippen molar-refractivity contribution in [3.05, 3.63) is 10.9 Å². The van der Waals surface area contributed by atoms with Crippen molar-refractivity contribution in [2.45, 2.75) is 20.8 Å². The summed E-state index contributed by atoms with van der Waals surface area (Å²) >= 11 is 1.48. The topological polar surface area (TPSA) is 46.3 Å². The Hall–Kier alpha value is -1.03. The van der Waals surface area contributed by atoms with Crippen molar-refractivity contribution in [1.29, 1.82) is 0 Å². The third-order valence-electron chi connectivity index (χ3n) is 2.35. The van der Waals surface area contributed by atoms with Gasteiger partial charge in [-0.3, -0.25) is 4.79 Å². The van der Waals surface area contributed by atoms with Gasteiger partial charge in [0.1, 0.15) is 0 Å². The Morgan fingerprint density at radius 3 is 2.67 bits per heavy atom. The smallest absolute Gasteiger partial charge is 0.177 e. The second kappa shape index (κ2) is 4.66. The average molecular weight is 226 g/mol. The molecule has 2 N–H and O–H groups in total. The van der Waals surface area contributed by atoms with Crippen LogP contribution in [0.25, 0.3) is 0 Å². The van der Waals surface area contributed by atoms with E-state index in [0.29, 0.717) is 10.6 Å². The number of nitrogens with zero attached hydrogens (tertiary/aromatic N) is 1. The number of anilines is 2. The molecule has 1 heterocycles. The van der Waals surface area contributed by atoms with E-state index >= 15 is 0 Å². The molecule has 0 fully saturated rings. The van der Waals surface area contributed by atoms with E-state index in [1.54, 1.807) is 0 Å². The third kappa shape index (κ3) is 2.50. The molecule has 0 aliphatic carbocycles. The van der Waals surface area contributed by atoms with E-state index in [9.17, 15) is 4.79 Å². The lowest BCUT2D eigenvalue weighted by Crippen LogP contribution is -2.13. The highest BCUT2D eigenvalue weighted by Gasteiger charge is 2.18. The van der Waals surface area contributed by atoms with Gasteiger partial charge < -0.3 is 10.6 Å². The predicted octanol–water partition coefficient (Wildman–Crippen LogP) is 2.63. The van der Waals surface area contributed by atoms with Crippen molar-refractivity contribution in [2.75, 3.05) is 24.2 Å². The van der Waals surface area contributed by atoms with Gasteiger partial charge in [0.25, 0.3) is 0 Å². The van der Waals surface area contributed by atoms with Crippen molar-refractivity contribution in [3.8, 4) is 0 Å². The molecule has 0 saturated carbocycles. The molecule has 0 spiro atoms. The molecule has 1 aromatic rings. The van der Waals surface area contributed by atoms with Crippen LogP contribution in [0.2, 0.25) is 0 Å². The Morgan fingerprint density at radius 2 is 2.20 bits per heavy atom. The summed E-state index contributed by atoms with van der Waals surface area (Å²) in [6.45, 7) is 6.77. The quantitative estimate of drug-likeness (QED) is 0.803. The van der Waals surface area contributed by atoms with E-state index in [-0.39, 0.29) is 11.7 Å². The number of nitrogen functional groups attached to an aromatic ring is 1. The first-order valence-corrected chi connectivity index (χ1v) is 5.93. The summed E-state index contributed by atoms with van der Waals surface area (Å²) in [5.41, 5.74) is 6.44. The highest BCUT2D eigenvalue weighted by molar-refractivity contribution is 7.18. The van der Waals surface area contributed by atoms with E-state index in [1.165, 1.54) is 11.3 Å². The minimum Gasteiger partial charge on any atom is -0.397 e. The maximum absolute atomic E-state index is 11.8. The lowest BCUT2D eigenvalue weighted by atomic mass is 10.1. The Labute approximate surface area is 94.9 Å². The normalized spacial score (nSPS) is 10.7. The van der Waals surface area contributed by atoms with Crippen LogP contribution in [0.15, 0.2) is 6.07 Å². The molecule has 0 amide bonds.